The number of para-hydroxylation sites is 1. The Balaban J connectivity index is 1.78. The van der Waals surface area contributed by atoms with Gasteiger partial charge in [-0.25, -0.2) is 0 Å². The molecule has 0 aliphatic carbocycles. The molecule has 0 unspecified atom stereocenters. The van der Waals surface area contributed by atoms with Crippen LogP contribution in [0.1, 0.15) is 32.3 Å². The average molecular weight is 288 g/mol. The highest BCUT2D eigenvalue weighted by atomic mass is 16.3. The summed E-state index contributed by atoms with van der Waals surface area (Å²) in [4.78, 5) is 15.0. The zero-order valence-corrected chi connectivity index (χ0v) is 12.8. The van der Waals surface area contributed by atoms with E-state index in [0.717, 1.165) is 18.4 Å². The average Bonchev–Trinajstić information content (AvgIpc) is 2.89. The van der Waals surface area contributed by atoms with E-state index in [1.54, 1.807) is 0 Å². The number of hydrogen-bond donors (Lipinski definition) is 3. The summed E-state index contributed by atoms with van der Waals surface area (Å²) in [5.41, 5.74) is 2.14. The van der Waals surface area contributed by atoms with Crippen molar-refractivity contribution in [3.8, 4) is 0 Å². The van der Waals surface area contributed by atoms with Gasteiger partial charge in [0, 0.05) is 42.1 Å². The predicted octanol–water partition coefficient (Wildman–Crippen LogP) is 2.63. The van der Waals surface area contributed by atoms with Gasteiger partial charge in [0.25, 0.3) is 0 Å². The molecule has 0 radical (unpaired) electrons. The molecule has 0 bridgehead atoms. The summed E-state index contributed by atoms with van der Waals surface area (Å²) in [6, 6.07) is 8.20. The van der Waals surface area contributed by atoms with Crippen LogP contribution in [0.2, 0.25) is 0 Å². The minimum absolute atomic E-state index is 0.0522. The summed E-state index contributed by atoms with van der Waals surface area (Å²) in [7, 11) is 0. The van der Waals surface area contributed by atoms with Crippen LogP contribution in [-0.2, 0) is 11.2 Å². The number of aliphatic hydroxyl groups excluding tert-OH is 1. The fourth-order valence-corrected chi connectivity index (χ4v) is 2.26. The first-order chi connectivity index (χ1) is 10.0. The van der Waals surface area contributed by atoms with Crippen LogP contribution >= 0.6 is 0 Å². The molecule has 1 amide bonds. The van der Waals surface area contributed by atoms with Gasteiger partial charge in [0.2, 0.25) is 5.91 Å². The number of fused-ring (bicyclic) bond motifs is 1. The third kappa shape index (κ3) is 4.33. The van der Waals surface area contributed by atoms with Crippen molar-refractivity contribution < 1.29 is 9.90 Å². The summed E-state index contributed by atoms with van der Waals surface area (Å²) < 4.78 is 0. The molecule has 0 saturated carbocycles. The number of H-pyrrole nitrogens is 1. The standard InChI is InChI=1S/C17H24N2O2/c1-17(2,12-20)11-19-16(21)9-5-6-13-10-18-15-8-4-3-7-14(13)15/h3-4,7-8,10,18,20H,5-6,9,11-12H2,1-2H3,(H,19,21). The number of aromatic nitrogens is 1. The summed E-state index contributed by atoms with van der Waals surface area (Å²) in [5, 5.41) is 13.3. The Hall–Kier alpha value is -1.81. The van der Waals surface area contributed by atoms with Crippen molar-refractivity contribution >= 4 is 16.8 Å². The van der Waals surface area contributed by atoms with Crippen LogP contribution in [0.4, 0.5) is 0 Å². The molecule has 4 heteroatoms. The number of nitrogens with one attached hydrogen (secondary N) is 2. The quantitative estimate of drug-likeness (QED) is 0.733. The molecule has 1 aromatic carbocycles. The maximum atomic E-state index is 11.8. The SMILES string of the molecule is CC(C)(CO)CNC(=O)CCCc1c[nH]c2ccccc12. The van der Waals surface area contributed by atoms with E-state index in [0.29, 0.717) is 13.0 Å². The molecule has 2 rings (SSSR count). The van der Waals surface area contributed by atoms with Crippen molar-refractivity contribution in [1.82, 2.24) is 10.3 Å². The number of aryl methyl sites for hydroxylation is 1. The van der Waals surface area contributed by atoms with Gasteiger partial charge in [0.05, 0.1) is 0 Å². The van der Waals surface area contributed by atoms with Crippen LogP contribution < -0.4 is 5.32 Å². The second kappa shape index (κ2) is 6.76. The van der Waals surface area contributed by atoms with Gasteiger partial charge in [-0.05, 0) is 24.5 Å². The summed E-state index contributed by atoms with van der Waals surface area (Å²) >= 11 is 0. The van der Waals surface area contributed by atoms with E-state index in [2.05, 4.69) is 22.4 Å². The Bertz CT molecular complexity index is 602. The van der Waals surface area contributed by atoms with Crippen LogP contribution in [0.25, 0.3) is 10.9 Å². The summed E-state index contributed by atoms with van der Waals surface area (Å²) in [6.45, 7) is 4.44. The number of aromatic amines is 1. The van der Waals surface area contributed by atoms with E-state index < -0.39 is 0 Å². The Kier molecular flexibility index (Phi) is 5.02. The first kappa shape index (κ1) is 15.6. The van der Waals surface area contributed by atoms with Gasteiger partial charge in [-0.2, -0.15) is 0 Å². The zero-order chi connectivity index (χ0) is 15.3. The molecule has 4 nitrogen and oxygen atoms in total. The number of carbonyl (C=O) groups is 1. The Morgan fingerprint density at radius 2 is 2.10 bits per heavy atom. The maximum Gasteiger partial charge on any atom is 0.220 e. The molecule has 0 spiro atoms. The monoisotopic (exact) mass is 288 g/mol. The zero-order valence-electron chi connectivity index (χ0n) is 12.8. The molecule has 0 aliphatic rings. The number of hydrogen-bond acceptors (Lipinski definition) is 2. The number of carbonyl (C=O) groups excluding carboxylic acids is 1. The van der Waals surface area contributed by atoms with Gasteiger partial charge in [0.1, 0.15) is 0 Å². The topological polar surface area (TPSA) is 65.1 Å². The first-order valence-electron chi connectivity index (χ1n) is 7.44. The largest absolute Gasteiger partial charge is 0.396 e. The van der Waals surface area contributed by atoms with Crippen molar-refractivity contribution in [3.63, 3.8) is 0 Å². The van der Waals surface area contributed by atoms with Crippen LogP contribution in [0.15, 0.2) is 30.5 Å². The molecule has 114 valence electrons. The van der Waals surface area contributed by atoms with E-state index in [9.17, 15) is 4.79 Å². The van der Waals surface area contributed by atoms with E-state index in [4.69, 9.17) is 5.11 Å². The lowest BCUT2D eigenvalue weighted by Gasteiger charge is -2.21. The van der Waals surface area contributed by atoms with Gasteiger partial charge in [0.15, 0.2) is 0 Å². The molecule has 0 saturated heterocycles. The van der Waals surface area contributed by atoms with E-state index >= 15 is 0 Å². The molecule has 2 aromatic rings. The molecular formula is C17H24N2O2. The summed E-state index contributed by atoms with van der Waals surface area (Å²) in [6.07, 6.45) is 4.26. The lowest BCUT2D eigenvalue weighted by molar-refractivity contribution is -0.121. The van der Waals surface area contributed by atoms with Crippen molar-refractivity contribution in [2.75, 3.05) is 13.2 Å². The predicted molar refractivity (Wildman–Crippen MR) is 85.1 cm³/mol. The molecule has 0 atom stereocenters. The van der Waals surface area contributed by atoms with Gasteiger partial charge in [-0.1, -0.05) is 32.0 Å². The fraction of sp³-hybridized carbons (Fsp3) is 0.471. The van der Waals surface area contributed by atoms with Crippen molar-refractivity contribution in [3.05, 3.63) is 36.0 Å². The highest BCUT2D eigenvalue weighted by Gasteiger charge is 2.17. The van der Waals surface area contributed by atoms with Crippen LogP contribution in [0.5, 0.6) is 0 Å². The number of rotatable bonds is 7. The minimum atomic E-state index is -0.257. The number of benzene rings is 1. The van der Waals surface area contributed by atoms with E-state index in [1.807, 2.05) is 32.2 Å². The van der Waals surface area contributed by atoms with Crippen LogP contribution in [0.3, 0.4) is 0 Å². The first-order valence-corrected chi connectivity index (χ1v) is 7.44. The van der Waals surface area contributed by atoms with E-state index in [1.165, 1.54) is 10.9 Å². The second-order valence-corrected chi connectivity index (χ2v) is 6.31. The van der Waals surface area contributed by atoms with Crippen LogP contribution in [-0.4, -0.2) is 29.1 Å². The Morgan fingerprint density at radius 3 is 2.86 bits per heavy atom. The molecule has 1 heterocycles. The maximum absolute atomic E-state index is 11.8. The highest BCUT2D eigenvalue weighted by Crippen LogP contribution is 2.19. The molecule has 0 aliphatic heterocycles. The van der Waals surface area contributed by atoms with Crippen molar-refractivity contribution in [2.45, 2.75) is 33.1 Å². The molecule has 1 aromatic heterocycles. The summed E-state index contributed by atoms with van der Waals surface area (Å²) in [5.74, 6) is 0.0522. The molecular weight excluding hydrogens is 264 g/mol. The van der Waals surface area contributed by atoms with Gasteiger partial charge < -0.3 is 15.4 Å². The molecule has 0 fully saturated rings. The third-order valence-corrected chi connectivity index (χ3v) is 3.72. The van der Waals surface area contributed by atoms with Crippen molar-refractivity contribution in [1.29, 1.82) is 0 Å². The van der Waals surface area contributed by atoms with Gasteiger partial charge in [-0.3, -0.25) is 4.79 Å². The number of aliphatic hydroxyl groups is 1. The van der Waals surface area contributed by atoms with Crippen molar-refractivity contribution in [2.24, 2.45) is 5.41 Å². The highest BCUT2D eigenvalue weighted by molar-refractivity contribution is 5.83. The lowest BCUT2D eigenvalue weighted by atomic mass is 9.95. The second-order valence-electron chi connectivity index (χ2n) is 6.31. The lowest BCUT2D eigenvalue weighted by Crippen LogP contribution is -2.35. The third-order valence-electron chi connectivity index (χ3n) is 3.72. The minimum Gasteiger partial charge on any atom is -0.396 e. The van der Waals surface area contributed by atoms with Gasteiger partial charge in [-0.15, -0.1) is 0 Å². The van der Waals surface area contributed by atoms with E-state index in [-0.39, 0.29) is 17.9 Å². The molecule has 21 heavy (non-hydrogen) atoms. The Labute approximate surface area is 125 Å². The molecule has 3 N–H and O–H groups in total. The normalized spacial score (nSPS) is 11.8. The number of amides is 1. The fourth-order valence-electron chi connectivity index (χ4n) is 2.26. The van der Waals surface area contributed by atoms with Crippen LogP contribution in [0, 0.1) is 5.41 Å². The Morgan fingerprint density at radius 1 is 1.33 bits per heavy atom. The van der Waals surface area contributed by atoms with Gasteiger partial charge >= 0.3 is 0 Å². The smallest absolute Gasteiger partial charge is 0.220 e.